The summed E-state index contributed by atoms with van der Waals surface area (Å²) in [6.07, 6.45) is -2.69. The van der Waals surface area contributed by atoms with E-state index in [0.717, 1.165) is 11.1 Å². The van der Waals surface area contributed by atoms with E-state index < -0.39 is 47.7 Å². The van der Waals surface area contributed by atoms with Crippen LogP contribution in [0.1, 0.15) is 42.5 Å². The zero-order chi connectivity index (χ0) is 29.1. The third kappa shape index (κ3) is 8.53. The second-order valence-corrected chi connectivity index (χ2v) is 9.73. The molecule has 0 aliphatic carbocycles. The zero-order valence-corrected chi connectivity index (χ0v) is 22.2. The van der Waals surface area contributed by atoms with Crippen LogP contribution >= 0.6 is 0 Å². The van der Waals surface area contributed by atoms with Gasteiger partial charge in [0.25, 0.3) is 0 Å². The Morgan fingerprint density at radius 3 is 2.00 bits per heavy atom. The molecular formula is C31H34F2N2O5. The third-order valence-corrected chi connectivity index (χ3v) is 6.63. The SMILES string of the molecule is CC(CC(=O)OCc1ccccc1)[C@H](N)C(=O)NC(C(=O)C(F)(F)C(O)CCc1ccccc1)c1ccccc1. The number of ketones is 1. The summed E-state index contributed by atoms with van der Waals surface area (Å²) in [5.74, 6) is -8.00. The van der Waals surface area contributed by atoms with Gasteiger partial charge in [-0.1, -0.05) is 97.9 Å². The highest BCUT2D eigenvalue weighted by Crippen LogP contribution is 2.30. The molecule has 3 aromatic carbocycles. The summed E-state index contributed by atoms with van der Waals surface area (Å²) < 4.78 is 35.7. The van der Waals surface area contributed by atoms with E-state index in [4.69, 9.17) is 10.5 Å². The lowest BCUT2D eigenvalue weighted by Gasteiger charge is -2.28. The lowest BCUT2D eigenvalue weighted by Crippen LogP contribution is -2.52. The number of benzene rings is 3. The number of rotatable bonds is 14. The smallest absolute Gasteiger partial charge is 0.332 e. The maximum absolute atomic E-state index is 15.2. The van der Waals surface area contributed by atoms with Crippen LogP contribution in [0.5, 0.6) is 0 Å². The van der Waals surface area contributed by atoms with Crippen LogP contribution in [0.25, 0.3) is 0 Å². The zero-order valence-electron chi connectivity index (χ0n) is 22.2. The number of carbonyl (C=O) groups is 3. The summed E-state index contributed by atoms with van der Waals surface area (Å²) in [7, 11) is 0. The molecule has 4 N–H and O–H groups in total. The fraction of sp³-hybridized carbons (Fsp3) is 0.323. The first kappa shape index (κ1) is 30.6. The minimum Gasteiger partial charge on any atom is -0.461 e. The van der Waals surface area contributed by atoms with Crippen LogP contribution in [-0.2, 0) is 32.1 Å². The number of esters is 1. The number of alkyl halides is 2. The average molecular weight is 553 g/mol. The van der Waals surface area contributed by atoms with Gasteiger partial charge in [-0.2, -0.15) is 8.78 Å². The van der Waals surface area contributed by atoms with Crippen molar-refractivity contribution in [3.05, 3.63) is 108 Å². The molecule has 0 saturated heterocycles. The van der Waals surface area contributed by atoms with Gasteiger partial charge in [0.2, 0.25) is 11.7 Å². The van der Waals surface area contributed by atoms with Crippen molar-refractivity contribution in [2.24, 2.45) is 11.7 Å². The summed E-state index contributed by atoms with van der Waals surface area (Å²) in [5.41, 5.74) is 7.69. The lowest BCUT2D eigenvalue weighted by atomic mass is 9.92. The summed E-state index contributed by atoms with van der Waals surface area (Å²) in [6.45, 7) is 1.61. The number of nitrogens with two attached hydrogens (primary N) is 1. The van der Waals surface area contributed by atoms with E-state index in [1.54, 1.807) is 55.5 Å². The maximum Gasteiger partial charge on any atom is 0.332 e. The lowest BCUT2D eigenvalue weighted by molar-refractivity contribution is -0.164. The fourth-order valence-corrected chi connectivity index (χ4v) is 4.12. The van der Waals surface area contributed by atoms with Crippen molar-refractivity contribution in [3.8, 4) is 0 Å². The molecule has 9 heteroatoms. The highest BCUT2D eigenvalue weighted by molar-refractivity contribution is 5.96. The van der Waals surface area contributed by atoms with Gasteiger partial charge in [0.05, 0.1) is 12.5 Å². The van der Waals surface area contributed by atoms with Crippen molar-refractivity contribution in [2.45, 2.75) is 56.9 Å². The van der Waals surface area contributed by atoms with Crippen molar-refractivity contribution in [3.63, 3.8) is 0 Å². The highest BCUT2D eigenvalue weighted by Gasteiger charge is 2.50. The molecule has 7 nitrogen and oxygen atoms in total. The minimum absolute atomic E-state index is 0.0556. The predicted octanol–water partition coefficient (Wildman–Crippen LogP) is 4.14. The number of Topliss-reactive ketones (excluding diaryl/α,β-unsaturated/α-hetero) is 1. The van der Waals surface area contributed by atoms with Crippen LogP contribution < -0.4 is 11.1 Å². The van der Waals surface area contributed by atoms with Crippen LogP contribution in [0.2, 0.25) is 0 Å². The molecule has 4 atom stereocenters. The first-order chi connectivity index (χ1) is 19.1. The Morgan fingerprint density at radius 2 is 1.43 bits per heavy atom. The van der Waals surface area contributed by atoms with E-state index in [1.165, 1.54) is 24.3 Å². The Labute approximate surface area is 232 Å². The van der Waals surface area contributed by atoms with Crippen molar-refractivity contribution >= 4 is 17.7 Å². The number of halogens is 2. The van der Waals surface area contributed by atoms with E-state index in [0.29, 0.717) is 0 Å². The topological polar surface area (TPSA) is 119 Å². The van der Waals surface area contributed by atoms with Crippen LogP contribution in [-0.4, -0.2) is 40.8 Å². The van der Waals surface area contributed by atoms with Gasteiger partial charge < -0.3 is 20.9 Å². The summed E-state index contributed by atoms with van der Waals surface area (Å²) >= 11 is 0. The van der Waals surface area contributed by atoms with Gasteiger partial charge >= 0.3 is 11.9 Å². The molecule has 0 aromatic heterocycles. The maximum atomic E-state index is 15.2. The molecule has 0 radical (unpaired) electrons. The molecule has 0 heterocycles. The summed E-state index contributed by atoms with van der Waals surface area (Å²) in [4.78, 5) is 38.4. The molecule has 40 heavy (non-hydrogen) atoms. The van der Waals surface area contributed by atoms with Crippen LogP contribution in [0.4, 0.5) is 8.78 Å². The molecule has 0 bridgehead atoms. The van der Waals surface area contributed by atoms with Gasteiger partial charge in [-0.15, -0.1) is 0 Å². The molecule has 0 spiro atoms. The number of ether oxygens (including phenoxy) is 1. The van der Waals surface area contributed by atoms with Crippen molar-refractivity contribution < 1.29 is 33.0 Å². The number of aliphatic hydroxyl groups is 1. The Kier molecular flexibility index (Phi) is 11.0. The molecule has 3 aromatic rings. The molecule has 1 amide bonds. The standard InChI is InChI=1S/C31H34F2N2O5/c1-21(19-26(37)40-20-23-13-7-3-8-14-23)27(34)30(39)35-28(24-15-9-4-10-16-24)29(38)31(32,33)25(36)18-17-22-11-5-2-6-12-22/h2-16,21,25,27-28,36H,17-20,34H2,1H3,(H,35,39)/t21?,25?,27-,28?/m0/s1. The normalized spacial score (nSPS) is 14.4. The van der Waals surface area contributed by atoms with Gasteiger partial charge in [-0.25, -0.2) is 0 Å². The van der Waals surface area contributed by atoms with Gasteiger partial charge in [-0.3, -0.25) is 14.4 Å². The van der Waals surface area contributed by atoms with E-state index in [2.05, 4.69) is 5.32 Å². The Hall–Kier alpha value is -3.95. The summed E-state index contributed by atoms with van der Waals surface area (Å²) in [6, 6.07) is 22.3. The van der Waals surface area contributed by atoms with Crippen molar-refractivity contribution in [1.29, 1.82) is 0 Å². The van der Waals surface area contributed by atoms with Gasteiger partial charge in [-0.05, 0) is 35.4 Å². The number of amides is 1. The number of aliphatic hydroxyl groups excluding tert-OH is 1. The third-order valence-electron chi connectivity index (χ3n) is 6.63. The predicted molar refractivity (Wildman–Crippen MR) is 146 cm³/mol. The van der Waals surface area contributed by atoms with Crippen LogP contribution in [0.3, 0.4) is 0 Å². The molecule has 0 fully saturated rings. The van der Waals surface area contributed by atoms with Crippen LogP contribution in [0, 0.1) is 5.92 Å². The van der Waals surface area contributed by atoms with Crippen LogP contribution in [0.15, 0.2) is 91.0 Å². The van der Waals surface area contributed by atoms with Crippen molar-refractivity contribution in [2.75, 3.05) is 0 Å². The molecular weight excluding hydrogens is 518 g/mol. The van der Waals surface area contributed by atoms with E-state index in [-0.39, 0.29) is 31.4 Å². The van der Waals surface area contributed by atoms with E-state index in [1.807, 2.05) is 18.2 Å². The largest absolute Gasteiger partial charge is 0.461 e. The van der Waals surface area contributed by atoms with Gasteiger partial charge in [0.1, 0.15) is 18.8 Å². The van der Waals surface area contributed by atoms with Gasteiger partial charge in [0, 0.05) is 0 Å². The molecule has 212 valence electrons. The highest BCUT2D eigenvalue weighted by atomic mass is 19.3. The van der Waals surface area contributed by atoms with E-state index in [9.17, 15) is 19.5 Å². The van der Waals surface area contributed by atoms with Crippen molar-refractivity contribution in [1.82, 2.24) is 5.32 Å². The molecule has 0 aliphatic rings. The van der Waals surface area contributed by atoms with E-state index >= 15 is 8.78 Å². The molecule has 3 unspecified atom stereocenters. The summed E-state index contributed by atoms with van der Waals surface area (Å²) in [5, 5.41) is 12.6. The first-order valence-electron chi connectivity index (χ1n) is 13.0. The monoisotopic (exact) mass is 552 g/mol. The molecule has 0 aliphatic heterocycles. The quantitative estimate of drug-likeness (QED) is 0.259. The number of hydrogen-bond donors (Lipinski definition) is 3. The Bertz CT molecular complexity index is 1240. The average Bonchev–Trinajstić information content (AvgIpc) is 2.98. The molecule has 0 saturated carbocycles. The number of carbonyl (C=O) groups excluding carboxylic acids is 3. The van der Waals surface area contributed by atoms with Gasteiger partial charge in [0.15, 0.2) is 0 Å². The first-order valence-corrected chi connectivity index (χ1v) is 13.0. The Balaban J connectivity index is 1.65. The Morgan fingerprint density at radius 1 is 0.900 bits per heavy atom. The second kappa shape index (κ2) is 14.4. The minimum atomic E-state index is -4.15. The number of nitrogens with one attached hydrogen (secondary N) is 1. The number of hydrogen-bond acceptors (Lipinski definition) is 6. The fourth-order valence-electron chi connectivity index (χ4n) is 4.12. The number of aryl methyl sites for hydroxylation is 1. The second-order valence-electron chi connectivity index (χ2n) is 9.73. The molecule has 3 rings (SSSR count).